The van der Waals surface area contributed by atoms with Crippen molar-refractivity contribution in [3.05, 3.63) is 42.7 Å². The Labute approximate surface area is 112 Å². The first-order chi connectivity index (χ1) is 8.94. The van der Waals surface area contributed by atoms with E-state index >= 15 is 0 Å². The summed E-state index contributed by atoms with van der Waals surface area (Å²) in [5.74, 6) is 0.369. The van der Waals surface area contributed by atoms with Crippen molar-refractivity contribution in [3.8, 4) is 11.1 Å². The molecule has 1 aromatic carbocycles. The van der Waals surface area contributed by atoms with Crippen molar-refractivity contribution >= 4 is 12.0 Å². The lowest BCUT2D eigenvalue weighted by Gasteiger charge is -2.18. The molecule has 2 rings (SSSR count). The number of nitrogens with one attached hydrogen (secondary N) is 1. The summed E-state index contributed by atoms with van der Waals surface area (Å²) in [4.78, 5) is 11.6. The number of hydrogen-bond donors (Lipinski definition) is 1. The van der Waals surface area contributed by atoms with Crippen molar-refractivity contribution in [1.82, 2.24) is 0 Å². The molecule has 0 aliphatic heterocycles. The van der Waals surface area contributed by atoms with Gasteiger partial charge < -0.3 is 9.15 Å². The minimum atomic E-state index is -0.529. The number of furan rings is 1. The van der Waals surface area contributed by atoms with Gasteiger partial charge in [0, 0.05) is 11.6 Å². The van der Waals surface area contributed by atoms with Crippen LogP contribution in [0.2, 0.25) is 0 Å². The molecule has 0 unspecified atom stereocenters. The van der Waals surface area contributed by atoms with E-state index in [0.29, 0.717) is 5.88 Å². The van der Waals surface area contributed by atoms with Crippen molar-refractivity contribution in [2.45, 2.75) is 26.4 Å². The van der Waals surface area contributed by atoms with Crippen molar-refractivity contribution in [1.29, 1.82) is 0 Å². The second kappa shape index (κ2) is 5.18. The Kier molecular flexibility index (Phi) is 3.60. The zero-order valence-corrected chi connectivity index (χ0v) is 11.3. The fourth-order valence-electron chi connectivity index (χ4n) is 1.59. The highest BCUT2D eigenvalue weighted by Crippen LogP contribution is 2.24. The molecular weight excluding hydrogens is 242 g/mol. The van der Waals surface area contributed by atoms with Gasteiger partial charge in [-0.05, 0) is 26.3 Å². The summed E-state index contributed by atoms with van der Waals surface area (Å²) < 4.78 is 10.4. The molecule has 1 heterocycles. The van der Waals surface area contributed by atoms with Gasteiger partial charge in [0.25, 0.3) is 0 Å². The predicted molar refractivity (Wildman–Crippen MR) is 74.0 cm³/mol. The van der Waals surface area contributed by atoms with Gasteiger partial charge >= 0.3 is 6.09 Å². The molecule has 0 aliphatic rings. The molecule has 19 heavy (non-hydrogen) atoms. The lowest BCUT2D eigenvalue weighted by atomic mass is 10.1. The van der Waals surface area contributed by atoms with Gasteiger partial charge in [-0.3, -0.25) is 5.32 Å². The van der Waals surface area contributed by atoms with Crippen LogP contribution in [0.5, 0.6) is 0 Å². The number of anilines is 1. The highest BCUT2D eigenvalue weighted by Gasteiger charge is 2.17. The van der Waals surface area contributed by atoms with E-state index in [2.05, 4.69) is 5.32 Å². The van der Waals surface area contributed by atoms with Crippen molar-refractivity contribution < 1.29 is 13.9 Å². The molecule has 0 aliphatic carbocycles. The van der Waals surface area contributed by atoms with E-state index < -0.39 is 11.7 Å². The highest BCUT2D eigenvalue weighted by atomic mass is 16.6. The van der Waals surface area contributed by atoms with Crippen molar-refractivity contribution in [2.75, 3.05) is 5.32 Å². The van der Waals surface area contributed by atoms with Gasteiger partial charge in [-0.1, -0.05) is 30.3 Å². The average Bonchev–Trinajstić information content (AvgIpc) is 2.76. The smallest absolute Gasteiger partial charge is 0.414 e. The van der Waals surface area contributed by atoms with Gasteiger partial charge in [0.05, 0.1) is 0 Å². The van der Waals surface area contributed by atoms with E-state index in [1.165, 1.54) is 0 Å². The summed E-state index contributed by atoms with van der Waals surface area (Å²) in [6.07, 6.45) is 1.07. The Morgan fingerprint density at radius 3 is 2.47 bits per heavy atom. The van der Waals surface area contributed by atoms with E-state index in [1.807, 2.05) is 51.1 Å². The van der Waals surface area contributed by atoms with Gasteiger partial charge in [-0.2, -0.15) is 0 Å². The van der Waals surface area contributed by atoms with Crippen LogP contribution >= 0.6 is 0 Å². The highest BCUT2D eigenvalue weighted by molar-refractivity contribution is 5.84. The minimum absolute atomic E-state index is 0.369. The summed E-state index contributed by atoms with van der Waals surface area (Å²) >= 11 is 0. The van der Waals surface area contributed by atoms with Crippen LogP contribution in [0.4, 0.5) is 10.7 Å². The number of rotatable bonds is 2. The average molecular weight is 259 g/mol. The summed E-state index contributed by atoms with van der Waals surface area (Å²) in [6.45, 7) is 5.43. The van der Waals surface area contributed by atoms with Crippen LogP contribution in [0.1, 0.15) is 20.8 Å². The molecule has 0 spiro atoms. The third kappa shape index (κ3) is 3.88. The third-order valence-corrected chi connectivity index (χ3v) is 2.33. The Balaban J connectivity index is 2.04. The van der Waals surface area contributed by atoms with Gasteiger partial charge in [0.15, 0.2) is 0 Å². The molecule has 0 radical (unpaired) electrons. The molecule has 2 aromatic rings. The molecule has 4 nitrogen and oxygen atoms in total. The Morgan fingerprint density at radius 2 is 1.84 bits per heavy atom. The molecule has 0 atom stereocenters. The fourth-order valence-corrected chi connectivity index (χ4v) is 1.59. The molecule has 100 valence electrons. The molecule has 0 bridgehead atoms. The van der Waals surface area contributed by atoms with E-state index in [0.717, 1.165) is 11.1 Å². The lowest BCUT2D eigenvalue weighted by molar-refractivity contribution is 0.0632. The maximum absolute atomic E-state index is 11.6. The maximum atomic E-state index is 11.6. The molecule has 1 aromatic heterocycles. The third-order valence-electron chi connectivity index (χ3n) is 2.33. The lowest BCUT2D eigenvalue weighted by Crippen LogP contribution is -2.27. The van der Waals surface area contributed by atoms with E-state index in [9.17, 15) is 4.79 Å². The van der Waals surface area contributed by atoms with E-state index in [-0.39, 0.29) is 0 Å². The van der Waals surface area contributed by atoms with Crippen LogP contribution in [-0.4, -0.2) is 11.7 Å². The standard InChI is InChI=1S/C15H17NO3/c1-15(2,3)19-14(17)16-13-9-12(10-18-13)11-7-5-4-6-8-11/h4-10H,1-3H3,(H,16,17). The number of benzene rings is 1. The van der Waals surface area contributed by atoms with Crippen LogP contribution in [0.3, 0.4) is 0 Å². The Bertz CT molecular complexity index is 552. The monoisotopic (exact) mass is 259 g/mol. The van der Waals surface area contributed by atoms with Crippen molar-refractivity contribution in [3.63, 3.8) is 0 Å². The Morgan fingerprint density at radius 1 is 1.16 bits per heavy atom. The maximum Gasteiger partial charge on any atom is 0.414 e. The molecule has 1 amide bonds. The van der Waals surface area contributed by atoms with Crippen LogP contribution in [0, 0.1) is 0 Å². The molecule has 0 saturated heterocycles. The van der Waals surface area contributed by atoms with Crippen LogP contribution in [-0.2, 0) is 4.74 Å². The van der Waals surface area contributed by atoms with Crippen molar-refractivity contribution in [2.24, 2.45) is 0 Å². The number of amides is 1. The van der Waals surface area contributed by atoms with Gasteiger partial charge in [0.1, 0.15) is 11.9 Å². The summed E-state index contributed by atoms with van der Waals surface area (Å²) in [5.41, 5.74) is 1.41. The zero-order chi connectivity index (χ0) is 13.9. The molecule has 0 saturated carbocycles. The largest absolute Gasteiger partial charge is 0.448 e. The topological polar surface area (TPSA) is 51.5 Å². The molecular formula is C15H17NO3. The normalized spacial score (nSPS) is 11.1. The van der Waals surface area contributed by atoms with Crippen LogP contribution in [0.15, 0.2) is 47.1 Å². The zero-order valence-electron chi connectivity index (χ0n) is 11.3. The van der Waals surface area contributed by atoms with Gasteiger partial charge in [-0.15, -0.1) is 0 Å². The first-order valence-corrected chi connectivity index (χ1v) is 6.08. The number of carbonyl (C=O) groups is 1. The van der Waals surface area contributed by atoms with Gasteiger partial charge in [-0.25, -0.2) is 4.79 Å². The summed E-state index contributed by atoms with van der Waals surface area (Å²) in [7, 11) is 0. The summed E-state index contributed by atoms with van der Waals surface area (Å²) in [5, 5.41) is 2.56. The van der Waals surface area contributed by atoms with Gasteiger partial charge in [0.2, 0.25) is 5.88 Å². The number of ether oxygens (including phenoxy) is 1. The van der Waals surface area contributed by atoms with E-state index in [1.54, 1.807) is 12.3 Å². The fraction of sp³-hybridized carbons (Fsp3) is 0.267. The molecule has 0 fully saturated rings. The van der Waals surface area contributed by atoms with Crippen LogP contribution < -0.4 is 5.32 Å². The van der Waals surface area contributed by atoms with Crippen LogP contribution in [0.25, 0.3) is 11.1 Å². The molecule has 4 heteroatoms. The second-order valence-corrected chi connectivity index (χ2v) is 5.19. The Hall–Kier alpha value is -2.23. The number of carbonyl (C=O) groups excluding carboxylic acids is 1. The first-order valence-electron chi connectivity index (χ1n) is 6.08. The second-order valence-electron chi connectivity index (χ2n) is 5.19. The summed E-state index contributed by atoms with van der Waals surface area (Å²) in [6, 6.07) is 11.6. The minimum Gasteiger partial charge on any atom is -0.448 e. The quantitative estimate of drug-likeness (QED) is 0.875. The molecule has 1 N–H and O–H groups in total. The predicted octanol–water partition coefficient (Wildman–Crippen LogP) is 4.29. The van der Waals surface area contributed by atoms with E-state index in [4.69, 9.17) is 9.15 Å². The SMILES string of the molecule is CC(C)(C)OC(=O)Nc1cc(-c2ccccc2)co1. The first kappa shape index (κ1) is 13.2. The number of hydrogen-bond acceptors (Lipinski definition) is 3.